The predicted octanol–water partition coefficient (Wildman–Crippen LogP) is 2.37. The molecule has 4 rings (SSSR count). The average Bonchev–Trinajstić information content (AvgIpc) is 2.64. The molecule has 3 N–H and O–H groups in total. The van der Waals surface area contributed by atoms with Gasteiger partial charge in [-0.2, -0.15) is 4.98 Å². The van der Waals surface area contributed by atoms with E-state index >= 15 is 0 Å². The van der Waals surface area contributed by atoms with Gasteiger partial charge in [-0.05, 0) is 36.4 Å². The number of H-pyrrole nitrogens is 1. The first kappa shape index (κ1) is 16.0. The van der Waals surface area contributed by atoms with Gasteiger partial charge in [0.1, 0.15) is 17.2 Å². The number of para-hydroxylation sites is 1. The lowest BCUT2D eigenvalue weighted by molar-refractivity contribution is 0.938. The molecule has 7 nitrogen and oxygen atoms in total. The average molecular weight is 366 g/mol. The summed E-state index contributed by atoms with van der Waals surface area (Å²) in [4.78, 5) is 35.7. The van der Waals surface area contributed by atoms with E-state index in [0.717, 1.165) is 0 Å². The molecule has 26 heavy (non-hydrogen) atoms. The Morgan fingerprint density at radius 3 is 2.31 bits per heavy atom. The maximum atomic E-state index is 12.4. The maximum Gasteiger partial charge on any atom is 0.354 e. The Balaban J connectivity index is 2.02. The van der Waals surface area contributed by atoms with E-state index in [-0.39, 0.29) is 16.9 Å². The van der Waals surface area contributed by atoms with E-state index in [9.17, 15) is 9.59 Å². The second-order valence-corrected chi connectivity index (χ2v) is 6.01. The molecule has 0 aliphatic carbocycles. The monoisotopic (exact) mass is 365 g/mol. The van der Waals surface area contributed by atoms with Crippen LogP contribution >= 0.6 is 11.6 Å². The quantitative estimate of drug-likeness (QED) is 0.567. The number of nitrogen functional groups attached to an aromatic ring is 1. The van der Waals surface area contributed by atoms with Crippen LogP contribution in [0.5, 0.6) is 0 Å². The number of aromatic nitrogens is 4. The second kappa shape index (κ2) is 6.12. The molecule has 0 aliphatic heterocycles. The Morgan fingerprint density at radius 2 is 1.62 bits per heavy atom. The van der Waals surface area contributed by atoms with Crippen molar-refractivity contribution in [3.8, 4) is 17.1 Å². The fourth-order valence-corrected chi connectivity index (χ4v) is 2.80. The highest BCUT2D eigenvalue weighted by Gasteiger charge is 2.16. The number of nitrogens with zero attached hydrogens (tertiary/aromatic N) is 3. The van der Waals surface area contributed by atoms with Crippen molar-refractivity contribution in [1.82, 2.24) is 19.5 Å². The van der Waals surface area contributed by atoms with Crippen LogP contribution in [-0.2, 0) is 0 Å². The fourth-order valence-electron chi connectivity index (χ4n) is 2.67. The summed E-state index contributed by atoms with van der Waals surface area (Å²) in [6.07, 6.45) is 0. The highest BCUT2D eigenvalue weighted by Crippen LogP contribution is 2.21. The van der Waals surface area contributed by atoms with Crippen LogP contribution in [0.15, 0.2) is 64.2 Å². The molecule has 0 saturated carbocycles. The summed E-state index contributed by atoms with van der Waals surface area (Å²) in [6.45, 7) is 0. The molecule has 0 atom stereocenters. The minimum absolute atomic E-state index is 0.0486. The smallest absolute Gasteiger partial charge is 0.354 e. The lowest BCUT2D eigenvalue weighted by Crippen LogP contribution is -2.27. The second-order valence-electron chi connectivity index (χ2n) is 5.57. The van der Waals surface area contributed by atoms with Crippen molar-refractivity contribution in [3.63, 3.8) is 0 Å². The van der Waals surface area contributed by atoms with Crippen molar-refractivity contribution in [1.29, 1.82) is 0 Å². The van der Waals surface area contributed by atoms with Crippen LogP contribution in [0, 0.1) is 0 Å². The highest BCUT2D eigenvalue weighted by molar-refractivity contribution is 6.30. The van der Waals surface area contributed by atoms with Crippen molar-refractivity contribution in [2.24, 2.45) is 0 Å². The zero-order valence-electron chi connectivity index (χ0n) is 13.3. The summed E-state index contributed by atoms with van der Waals surface area (Å²) in [5.74, 6) is 0.360. The Hall–Kier alpha value is -3.45. The van der Waals surface area contributed by atoms with Crippen molar-refractivity contribution < 1.29 is 0 Å². The molecule has 2 heterocycles. The van der Waals surface area contributed by atoms with Crippen molar-refractivity contribution >= 4 is 28.5 Å². The third kappa shape index (κ3) is 2.64. The van der Waals surface area contributed by atoms with Crippen molar-refractivity contribution in [2.75, 3.05) is 5.73 Å². The van der Waals surface area contributed by atoms with Gasteiger partial charge in [0.25, 0.3) is 5.56 Å². The Labute approximate surface area is 151 Å². The third-order valence-corrected chi connectivity index (χ3v) is 4.16. The SMILES string of the molecule is Nc1c2nc(-c3ccc(Cl)cc3)[nH]c(=O)c2nc(=O)n1-c1ccccc1. The summed E-state index contributed by atoms with van der Waals surface area (Å²) in [5.41, 5.74) is 6.25. The zero-order chi connectivity index (χ0) is 18.3. The number of hydrogen-bond donors (Lipinski definition) is 2. The number of halogens is 1. The lowest BCUT2D eigenvalue weighted by atomic mass is 10.2. The van der Waals surface area contributed by atoms with E-state index in [1.165, 1.54) is 4.57 Å². The van der Waals surface area contributed by atoms with Gasteiger partial charge in [0.2, 0.25) is 0 Å². The third-order valence-electron chi connectivity index (χ3n) is 3.91. The highest BCUT2D eigenvalue weighted by atomic mass is 35.5. The standard InChI is InChI=1S/C18H12ClN5O2/c19-11-8-6-10(7-9-11)16-21-13-14(17(25)23-16)22-18(26)24(15(13)20)12-4-2-1-3-5-12/h1-9H,20H2,(H,21,23,25). The van der Waals surface area contributed by atoms with Gasteiger partial charge in [0, 0.05) is 10.6 Å². The molecule has 4 aromatic rings. The molecular formula is C18H12ClN5O2. The van der Waals surface area contributed by atoms with Gasteiger partial charge < -0.3 is 10.7 Å². The molecule has 0 bridgehead atoms. The number of benzene rings is 2. The topological polar surface area (TPSA) is 107 Å². The van der Waals surface area contributed by atoms with Crippen LogP contribution in [0.3, 0.4) is 0 Å². The zero-order valence-corrected chi connectivity index (χ0v) is 14.1. The van der Waals surface area contributed by atoms with Crippen LogP contribution in [0.25, 0.3) is 28.1 Å². The van der Waals surface area contributed by atoms with E-state index < -0.39 is 11.2 Å². The first-order chi connectivity index (χ1) is 12.5. The van der Waals surface area contributed by atoms with Crippen molar-refractivity contribution in [3.05, 3.63) is 80.5 Å². The number of rotatable bonds is 2. The minimum Gasteiger partial charge on any atom is -0.383 e. The maximum absolute atomic E-state index is 12.4. The van der Waals surface area contributed by atoms with Gasteiger partial charge in [-0.1, -0.05) is 29.8 Å². The molecule has 0 saturated heterocycles. The molecule has 128 valence electrons. The van der Waals surface area contributed by atoms with Gasteiger partial charge >= 0.3 is 5.69 Å². The lowest BCUT2D eigenvalue weighted by Gasteiger charge is -2.11. The van der Waals surface area contributed by atoms with E-state index in [0.29, 0.717) is 22.1 Å². The summed E-state index contributed by atoms with van der Waals surface area (Å²) in [5, 5.41) is 0.566. The van der Waals surface area contributed by atoms with Crippen molar-refractivity contribution in [2.45, 2.75) is 0 Å². The molecule has 0 fully saturated rings. The van der Waals surface area contributed by atoms with Crippen LogP contribution in [0.2, 0.25) is 5.02 Å². The van der Waals surface area contributed by atoms with Gasteiger partial charge in [-0.25, -0.2) is 14.3 Å². The largest absolute Gasteiger partial charge is 0.383 e. The molecule has 0 spiro atoms. The summed E-state index contributed by atoms with van der Waals surface area (Å²) in [7, 11) is 0. The van der Waals surface area contributed by atoms with E-state index in [1.807, 2.05) is 6.07 Å². The number of aromatic amines is 1. The number of fused-ring (bicyclic) bond motifs is 1. The van der Waals surface area contributed by atoms with Gasteiger partial charge in [0.15, 0.2) is 5.52 Å². The predicted molar refractivity (Wildman–Crippen MR) is 101 cm³/mol. The van der Waals surface area contributed by atoms with Crippen LogP contribution in [0.4, 0.5) is 5.82 Å². The number of nitrogens with one attached hydrogen (secondary N) is 1. The Morgan fingerprint density at radius 1 is 0.923 bits per heavy atom. The first-order valence-electron chi connectivity index (χ1n) is 7.68. The van der Waals surface area contributed by atoms with Crippen LogP contribution in [-0.4, -0.2) is 19.5 Å². The molecule has 2 aromatic heterocycles. The van der Waals surface area contributed by atoms with Gasteiger partial charge in [0.05, 0.1) is 5.69 Å². The first-order valence-corrected chi connectivity index (χ1v) is 8.06. The summed E-state index contributed by atoms with van der Waals surface area (Å²) < 4.78 is 1.22. The Kier molecular flexibility index (Phi) is 3.78. The number of nitrogens with two attached hydrogens (primary N) is 1. The summed E-state index contributed by atoms with van der Waals surface area (Å²) >= 11 is 5.90. The molecule has 0 radical (unpaired) electrons. The van der Waals surface area contributed by atoms with E-state index in [1.54, 1.807) is 48.5 Å². The molecule has 0 unspecified atom stereocenters. The fraction of sp³-hybridized carbons (Fsp3) is 0. The van der Waals surface area contributed by atoms with E-state index in [4.69, 9.17) is 17.3 Å². The van der Waals surface area contributed by atoms with Crippen LogP contribution < -0.4 is 17.0 Å². The molecule has 2 aromatic carbocycles. The Bertz CT molecular complexity index is 1230. The normalized spacial score (nSPS) is 11.0. The van der Waals surface area contributed by atoms with Crippen LogP contribution in [0.1, 0.15) is 0 Å². The number of anilines is 1. The minimum atomic E-state index is -0.646. The molecule has 0 aliphatic rings. The van der Waals surface area contributed by atoms with Gasteiger partial charge in [-0.15, -0.1) is 0 Å². The van der Waals surface area contributed by atoms with Gasteiger partial charge in [-0.3, -0.25) is 4.79 Å². The van der Waals surface area contributed by atoms with E-state index in [2.05, 4.69) is 15.0 Å². The number of hydrogen-bond acceptors (Lipinski definition) is 5. The molecule has 0 amide bonds. The molecular weight excluding hydrogens is 354 g/mol. The summed E-state index contributed by atoms with van der Waals surface area (Å²) in [6, 6.07) is 15.6. The molecule has 8 heteroatoms.